The summed E-state index contributed by atoms with van der Waals surface area (Å²) in [5, 5.41) is 3.75. The molecular weight excluding hydrogens is 270 g/mol. The summed E-state index contributed by atoms with van der Waals surface area (Å²) < 4.78 is 5.04. The summed E-state index contributed by atoms with van der Waals surface area (Å²) in [5.41, 5.74) is 0. The number of nitrogens with one attached hydrogen (secondary N) is 1. The molecule has 0 aliphatic heterocycles. The van der Waals surface area contributed by atoms with Crippen LogP contribution in [0.3, 0.4) is 0 Å². The van der Waals surface area contributed by atoms with Crippen molar-refractivity contribution in [1.82, 2.24) is 5.32 Å². The number of methoxy groups -OCH3 is 1. The summed E-state index contributed by atoms with van der Waals surface area (Å²) in [6.07, 6.45) is 7.04. The topological polar surface area (TPSA) is 38.3 Å². The molecule has 1 aliphatic carbocycles. The fraction of sp³-hybridized carbons (Fsp3) is 0.917. The van der Waals surface area contributed by atoms with Crippen LogP contribution < -0.4 is 5.32 Å². The number of halogens is 1. The van der Waals surface area contributed by atoms with Gasteiger partial charge < -0.3 is 10.1 Å². The van der Waals surface area contributed by atoms with Gasteiger partial charge in [0.05, 0.1) is 12.6 Å². The fourth-order valence-corrected chi connectivity index (χ4v) is 2.61. The number of hydrogen-bond acceptors (Lipinski definition) is 2. The van der Waals surface area contributed by atoms with Gasteiger partial charge in [0.15, 0.2) is 0 Å². The molecule has 0 bridgehead atoms. The smallest absolute Gasteiger partial charge is 0.220 e. The Bertz CT molecular complexity index is 196. The molecule has 0 saturated heterocycles. The average molecular weight is 292 g/mol. The first-order valence-electron chi connectivity index (χ1n) is 6.10. The highest BCUT2D eigenvalue weighted by Crippen LogP contribution is 2.26. The molecule has 1 fully saturated rings. The van der Waals surface area contributed by atoms with Crippen LogP contribution in [0.2, 0.25) is 0 Å². The van der Waals surface area contributed by atoms with Gasteiger partial charge in [-0.25, -0.2) is 0 Å². The molecule has 1 rings (SSSR count). The van der Waals surface area contributed by atoms with Crippen LogP contribution in [-0.2, 0) is 9.53 Å². The van der Waals surface area contributed by atoms with Gasteiger partial charge >= 0.3 is 0 Å². The average Bonchev–Trinajstić information content (AvgIpc) is 2.29. The van der Waals surface area contributed by atoms with Crippen molar-refractivity contribution in [2.24, 2.45) is 5.92 Å². The monoisotopic (exact) mass is 291 g/mol. The molecule has 4 heteroatoms. The summed E-state index contributed by atoms with van der Waals surface area (Å²) in [4.78, 5) is 11.8. The first-order chi connectivity index (χ1) is 7.76. The highest BCUT2D eigenvalue weighted by atomic mass is 79.9. The summed E-state index contributed by atoms with van der Waals surface area (Å²) >= 11 is 3.38. The summed E-state index contributed by atoms with van der Waals surface area (Å²) in [5.74, 6) is 0.778. The zero-order valence-electron chi connectivity index (χ0n) is 10.0. The van der Waals surface area contributed by atoms with E-state index in [-0.39, 0.29) is 11.9 Å². The van der Waals surface area contributed by atoms with E-state index in [1.54, 1.807) is 7.11 Å². The van der Waals surface area contributed by atoms with E-state index in [9.17, 15) is 4.79 Å². The first-order valence-corrected chi connectivity index (χ1v) is 7.22. The van der Waals surface area contributed by atoms with E-state index >= 15 is 0 Å². The van der Waals surface area contributed by atoms with Crippen LogP contribution in [0.5, 0.6) is 0 Å². The molecular formula is C12H22BrNO2. The van der Waals surface area contributed by atoms with Crippen LogP contribution in [-0.4, -0.2) is 31.0 Å². The lowest BCUT2D eigenvalue weighted by molar-refractivity contribution is -0.123. The lowest BCUT2D eigenvalue weighted by Crippen LogP contribution is -2.40. The Morgan fingerprint density at radius 1 is 1.44 bits per heavy atom. The van der Waals surface area contributed by atoms with Crippen LogP contribution in [0.1, 0.15) is 38.5 Å². The van der Waals surface area contributed by atoms with E-state index in [4.69, 9.17) is 4.74 Å². The zero-order valence-corrected chi connectivity index (χ0v) is 11.6. The molecule has 16 heavy (non-hydrogen) atoms. The van der Waals surface area contributed by atoms with E-state index in [2.05, 4.69) is 21.2 Å². The van der Waals surface area contributed by atoms with Gasteiger partial charge in [-0.2, -0.15) is 0 Å². The van der Waals surface area contributed by atoms with Gasteiger partial charge in [-0.05, 0) is 18.8 Å². The van der Waals surface area contributed by atoms with Crippen molar-refractivity contribution in [1.29, 1.82) is 0 Å². The van der Waals surface area contributed by atoms with Crippen molar-refractivity contribution in [3.63, 3.8) is 0 Å². The van der Waals surface area contributed by atoms with Crippen molar-refractivity contribution in [3.8, 4) is 0 Å². The second-order valence-electron chi connectivity index (χ2n) is 4.58. The Morgan fingerprint density at radius 3 is 2.69 bits per heavy atom. The number of carbonyl (C=O) groups excluding carboxylic acids is 1. The predicted octanol–water partition coefficient (Wildman–Crippen LogP) is 2.48. The molecule has 1 amide bonds. The highest BCUT2D eigenvalue weighted by molar-refractivity contribution is 9.09. The number of amides is 1. The molecule has 1 atom stereocenters. The Morgan fingerprint density at radius 2 is 2.12 bits per heavy atom. The van der Waals surface area contributed by atoms with Crippen molar-refractivity contribution < 1.29 is 9.53 Å². The second kappa shape index (κ2) is 8.07. The predicted molar refractivity (Wildman–Crippen MR) is 68.8 cm³/mol. The van der Waals surface area contributed by atoms with Gasteiger partial charge in [0.1, 0.15) is 0 Å². The van der Waals surface area contributed by atoms with E-state index < -0.39 is 0 Å². The number of carbonyl (C=O) groups is 1. The summed E-state index contributed by atoms with van der Waals surface area (Å²) in [7, 11) is 1.66. The van der Waals surface area contributed by atoms with Crippen LogP contribution in [0.4, 0.5) is 0 Å². The van der Waals surface area contributed by atoms with Gasteiger partial charge in [-0.3, -0.25) is 4.79 Å². The molecule has 0 radical (unpaired) electrons. The number of ether oxygens (including phenoxy) is 1. The molecule has 0 aromatic heterocycles. The van der Waals surface area contributed by atoms with Crippen LogP contribution in [0.15, 0.2) is 0 Å². The minimum absolute atomic E-state index is 0.0982. The van der Waals surface area contributed by atoms with Gasteiger partial charge in [0.2, 0.25) is 5.91 Å². The standard InChI is InChI=1S/C12H22BrNO2/c1-16-9-11(8-13)14-12(15)7-10-5-3-2-4-6-10/h10-11H,2-9H2,1H3,(H,14,15). The number of alkyl halides is 1. The molecule has 1 saturated carbocycles. The largest absolute Gasteiger partial charge is 0.383 e. The van der Waals surface area contributed by atoms with Crippen molar-refractivity contribution in [2.75, 3.05) is 19.0 Å². The molecule has 0 aromatic carbocycles. The summed E-state index contributed by atoms with van der Waals surface area (Å²) in [6.45, 7) is 0.571. The van der Waals surface area contributed by atoms with Gasteiger partial charge in [0, 0.05) is 18.9 Å². The maximum atomic E-state index is 11.8. The molecule has 1 N–H and O–H groups in total. The molecule has 1 aliphatic rings. The number of hydrogen-bond donors (Lipinski definition) is 1. The third-order valence-electron chi connectivity index (χ3n) is 3.12. The lowest BCUT2D eigenvalue weighted by Gasteiger charge is -2.22. The van der Waals surface area contributed by atoms with Crippen LogP contribution in [0, 0.1) is 5.92 Å². The maximum absolute atomic E-state index is 11.8. The van der Waals surface area contributed by atoms with Crippen molar-refractivity contribution in [3.05, 3.63) is 0 Å². The van der Waals surface area contributed by atoms with Crippen molar-refractivity contribution in [2.45, 2.75) is 44.6 Å². The Kier molecular flexibility index (Phi) is 7.05. The van der Waals surface area contributed by atoms with Crippen LogP contribution in [0.25, 0.3) is 0 Å². The minimum Gasteiger partial charge on any atom is -0.383 e. The van der Waals surface area contributed by atoms with E-state index in [1.807, 2.05) is 0 Å². The van der Waals surface area contributed by atoms with Gasteiger partial charge in [-0.1, -0.05) is 35.2 Å². The second-order valence-corrected chi connectivity index (χ2v) is 5.23. The van der Waals surface area contributed by atoms with E-state index in [0.717, 1.165) is 5.33 Å². The Balaban J connectivity index is 2.22. The molecule has 0 aromatic rings. The van der Waals surface area contributed by atoms with E-state index in [0.29, 0.717) is 18.9 Å². The molecule has 0 heterocycles. The fourth-order valence-electron chi connectivity index (χ4n) is 2.27. The minimum atomic E-state index is 0.0982. The normalized spacial score (nSPS) is 19.4. The third-order valence-corrected chi connectivity index (χ3v) is 3.90. The van der Waals surface area contributed by atoms with Gasteiger partial charge in [-0.15, -0.1) is 0 Å². The quantitative estimate of drug-likeness (QED) is 0.764. The SMILES string of the molecule is COCC(CBr)NC(=O)CC1CCCCC1. The Hall–Kier alpha value is -0.0900. The molecule has 0 spiro atoms. The zero-order chi connectivity index (χ0) is 11.8. The lowest BCUT2D eigenvalue weighted by atomic mass is 9.87. The first kappa shape index (κ1) is 14.0. The maximum Gasteiger partial charge on any atom is 0.220 e. The number of rotatable bonds is 6. The third kappa shape index (κ3) is 5.30. The molecule has 94 valence electrons. The highest BCUT2D eigenvalue weighted by Gasteiger charge is 2.18. The van der Waals surface area contributed by atoms with E-state index in [1.165, 1.54) is 32.1 Å². The van der Waals surface area contributed by atoms with Gasteiger partial charge in [0.25, 0.3) is 0 Å². The Labute approximate surface area is 106 Å². The summed E-state index contributed by atoms with van der Waals surface area (Å²) in [6, 6.07) is 0.0982. The van der Waals surface area contributed by atoms with Crippen LogP contribution >= 0.6 is 15.9 Å². The molecule has 3 nitrogen and oxygen atoms in total. The van der Waals surface area contributed by atoms with Crippen molar-refractivity contribution >= 4 is 21.8 Å². The molecule has 1 unspecified atom stereocenters.